The minimum atomic E-state index is 0.682. The van der Waals surface area contributed by atoms with Gasteiger partial charge in [0.05, 0.1) is 0 Å². The maximum atomic E-state index is 5.75. The lowest BCUT2D eigenvalue weighted by molar-refractivity contribution is 0.314. The van der Waals surface area contributed by atoms with Crippen LogP contribution in [0.5, 0.6) is 5.75 Å². The van der Waals surface area contributed by atoms with Gasteiger partial charge in [0.15, 0.2) is 0 Å². The lowest BCUT2D eigenvalue weighted by Gasteiger charge is -2.14. The Hall–Kier alpha value is -1.52. The summed E-state index contributed by atoms with van der Waals surface area (Å²) in [5, 5.41) is 3.40. The van der Waals surface area contributed by atoms with E-state index in [1.54, 1.807) is 0 Å². The summed E-state index contributed by atoms with van der Waals surface area (Å²) in [7, 11) is 4.06. The Bertz CT molecular complexity index is 537. The molecule has 0 atom stereocenters. The molecule has 0 saturated carbocycles. The molecule has 0 bridgehead atoms. The van der Waals surface area contributed by atoms with Crippen molar-refractivity contribution in [3.8, 4) is 5.75 Å². The van der Waals surface area contributed by atoms with Gasteiger partial charge in [0, 0.05) is 48.7 Å². The molecule has 0 aliphatic rings. The third-order valence-electron chi connectivity index (χ3n) is 2.98. The predicted molar refractivity (Wildman–Crippen MR) is 87.0 cm³/mol. The zero-order valence-corrected chi connectivity index (χ0v) is 13.2. The van der Waals surface area contributed by atoms with Crippen molar-refractivity contribution in [2.24, 2.45) is 0 Å². The van der Waals surface area contributed by atoms with Crippen LogP contribution in [0.3, 0.4) is 0 Å². The molecule has 108 valence electrons. The second-order valence-electron chi connectivity index (χ2n) is 4.93. The van der Waals surface area contributed by atoms with Gasteiger partial charge in [0.2, 0.25) is 0 Å². The molecule has 0 aliphatic heterocycles. The van der Waals surface area contributed by atoms with Crippen LogP contribution in [0, 0.1) is 6.92 Å². The highest BCUT2D eigenvalue weighted by atomic mass is 32.1. The fourth-order valence-corrected chi connectivity index (χ4v) is 2.74. The molecule has 0 saturated heterocycles. The van der Waals surface area contributed by atoms with Crippen LogP contribution in [0.25, 0.3) is 0 Å². The van der Waals surface area contributed by atoms with Crippen molar-refractivity contribution >= 4 is 17.0 Å². The lowest BCUT2D eigenvalue weighted by atomic mass is 10.3. The number of rotatable bonds is 7. The predicted octanol–water partition coefficient (Wildman–Crippen LogP) is 3.29. The van der Waals surface area contributed by atoms with Gasteiger partial charge in [0.1, 0.15) is 12.4 Å². The molecule has 3 nitrogen and oxygen atoms in total. The number of nitrogens with zero attached hydrogens (tertiary/aromatic N) is 1. The topological polar surface area (TPSA) is 24.5 Å². The van der Waals surface area contributed by atoms with Gasteiger partial charge >= 0.3 is 0 Å². The summed E-state index contributed by atoms with van der Waals surface area (Å²) in [6.07, 6.45) is 0. The van der Waals surface area contributed by atoms with E-state index in [1.807, 2.05) is 37.6 Å². The second-order valence-corrected chi connectivity index (χ2v) is 6.30. The quantitative estimate of drug-likeness (QED) is 0.792. The van der Waals surface area contributed by atoms with Crippen molar-refractivity contribution < 1.29 is 4.74 Å². The molecule has 0 spiro atoms. The van der Waals surface area contributed by atoms with Crippen LogP contribution in [-0.2, 0) is 6.54 Å². The molecule has 4 heteroatoms. The van der Waals surface area contributed by atoms with Crippen LogP contribution < -0.4 is 15.0 Å². The van der Waals surface area contributed by atoms with Gasteiger partial charge in [-0.25, -0.2) is 0 Å². The van der Waals surface area contributed by atoms with E-state index in [1.165, 1.54) is 9.75 Å². The molecule has 0 amide bonds. The zero-order valence-electron chi connectivity index (χ0n) is 12.3. The maximum absolute atomic E-state index is 5.75. The second kappa shape index (κ2) is 7.31. The fourth-order valence-electron chi connectivity index (χ4n) is 1.88. The largest absolute Gasteiger partial charge is 0.492 e. The molecule has 2 aromatic rings. The highest BCUT2D eigenvalue weighted by Gasteiger charge is 1.99. The van der Waals surface area contributed by atoms with Gasteiger partial charge in [-0.3, -0.25) is 0 Å². The minimum Gasteiger partial charge on any atom is -0.492 e. The van der Waals surface area contributed by atoms with E-state index in [-0.39, 0.29) is 0 Å². The first-order valence-electron chi connectivity index (χ1n) is 6.81. The van der Waals surface area contributed by atoms with E-state index in [4.69, 9.17) is 4.74 Å². The molecule has 1 aromatic heterocycles. The Morgan fingerprint density at radius 3 is 2.75 bits per heavy atom. The number of thiophene rings is 1. The molecule has 0 unspecified atom stereocenters. The summed E-state index contributed by atoms with van der Waals surface area (Å²) in [6, 6.07) is 12.5. The fraction of sp³-hybridized carbons (Fsp3) is 0.375. The van der Waals surface area contributed by atoms with E-state index in [0.29, 0.717) is 6.61 Å². The molecule has 2 rings (SSSR count). The van der Waals surface area contributed by atoms with Gasteiger partial charge < -0.3 is 15.0 Å². The molecule has 0 fully saturated rings. The average molecular weight is 290 g/mol. The first kappa shape index (κ1) is 14.9. The Balaban J connectivity index is 1.69. The van der Waals surface area contributed by atoms with Gasteiger partial charge in [-0.15, -0.1) is 11.3 Å². The number of hydrogen-bond acceptors (Lipinski definition) is 4. The van der Waals surface area contributed by atoms with Gasteiger partial charge in [-0.05, 0) is 31.2 Å². The highest BCUT2D eigenvalue weighted by Crippen LogP contribution is 2.19. The SMILES string of the molecule is Cc1ccc(CNCCOc2cccc(N(C)C)c2)s1. The monoisotopic (exact) mass is 290 g/mol. The zero-order chi connectivity index (χ0) is 14.4. The lowest BCUT2D eigenvalue weighted by Crippen LogP contribution is -2.20. The highest BCUT2D eigenvalue weighted by molar-refractivity contribution is 7.11. The molecule has 0 aliphatic carbocycles. The molecule has 1 aromatic carbocycles. The van der Waals surface area contributed by atoms with Crippen molar-refractivity contribution in [3.05, 3.63) is 46.2 Å². The van der Waals surface area contributed by atoms with Crippen LogP contribution in [0.15, 0.2) is 36.4 Å². The summed E-state index contributed by atoms with van der Waals surface area (Å²) < 4.78 is 5.75. The van der Waals surface area contributed by atoms with Crippen LogP contribution in [0.2, 0.25) is 0 Å². The minimum absolute atomic E-state index is 0.682. The molecule has 20 heavy (non-hydrogen) atoms. The average Bonchev–Trinajstić information content (AvgIpc) is 2.84. The number of benzene rings is 1. The summed E-state index contributed by atoms with van der Waals surface area (Å²) in [5.74, 6) is 0.921. The Morgan fingerprint density at radius 2 is 2.05 bits per heavy atom. The summed E-state index contributed by atoms with van der Waals surface area (Å²) in [5.41, 5.74) is 1.16. The van der Waals surface area contributed by atoms with Crippen molar-refractivity contribution in [2.75, 3.05) is 32.1 Å². The van der Waals surface area contributed by atoms with Crippen molar-refractivity contribution in [1.29, 1.82) is 0 Å². The van der Waals surface area contributed by atoms with Crippen LogP contribution in [0.4, 0.5) is 5.69 Å². The summed E-state index contributed by atoms with van der Waals surface area (Å²) >= 11 is 1.84. The summed E-state index contributed by atoms with van der Waals surface area (Å²) in [6.45, 7) is 4.58. The first-order valence-corrected chi connectivity index (χ1v) is 7.63. The normalized spacial score (nSPS) is 10.6. The molecule has 0 radical (unpaired) electrons. The number of nitrogens with one attached hydrogen (secondary N) is 1. The first-order chi connectivity index (χ1) is 9.65. The maximum Gasteiger partial charge on any atom is 0.121 e. The molecule has 1 heterocycles. The van der Waals surface area contributed by atoms with E-state index in [0.717, 1.165) is 24.5 Å². The van der Waals surface area contributed by atoms with Crippen molar-refractivity contribution in [1.82, 2.24) is 5.32 Å². The number of ether oxygens (including phenoxy) is 1. The van der Waals surface area contributed by atoms with Crippen LogP contribution in [0.1, 0.15) is 9.75 Å². The molecule has 1 N–H and O–H groups in total. The van der Waals surface area contributed by atoms with Crippen LogP contribution >= 0.6 is 11.3 Å². The Kier molecular flexibility index (Phi) is 5.44. The smallest absolute Gasteiger partial charge is 0.121 e. The van der Waals surface area contributed by atoms with E-state index in [9.17, 15) is 0 Å². The van der Waals surface area contributed by atoms with Gasteiger partial charge in [0.25, 0.3) is 0 Å². The van der Waals surface area contributed by atoms with Gasteiger partial charge in [-0.1, -0.05) is 6.07 Å². The third kappa shape index (κ3) is 4.54. The number of aryl methyl sites for hydroxylation is 1. The van der Waals surface area contributed by atoms with Crippen LogP contribution in [-0.4, -0.2) is 27.2 Å². The molecular weight excluding hydrogens is 268 g/mol. The number of hydrogen-bond donors (Lipinski definition) is 1. The number of anilines is 1. The molecular formula is C16H22N2OS. The van der Waals surface area contributed by atoms with E-state index < -0.39 is 0 Å². The van der Waals surface area contributed by atoms with Crippen molar-refractivity contribution in [3.63, 3.8) is 0 Å². The van der Waals surface area contributed by atoms with Crippen molar-refractivity contribution in [2.45, 2.75) is 13.5 Å². The van der Waals surface area contributed by atoms with Gasteiger partial charge in [-0.2, -0.15) is 0 Å². The van der Waals surface area contributed by atoms with E-state index >= 15 is 0 Å². The summed E-state index contributed by atoms with van der Waals surface area (Å²) in [4.78, 5) is 4.81. The van der Waals surface area contributed by atoms with E-state index in [2.05, 4.69) is 41.4 Å². The third-order valence-corrected chi connectivity index (χ3v) is 3.98. The Labute approximate surface area is 125 Å². The Morgan fingerprint density at radius 1 is 1.20 bits per heavy atom. The standard InChI is InChI=1S/C16H22N2OS/c1-13-7-8-16(20-13)12-17-9-10-19-15-6-4-5-14(11-15)18(2)3/h4-8,11,17H,9-10,12H2,1-3H3.